The van der Waals surface area contributed by atoms with Crippen LogP contribution in [0.25, 0.3) is 0 Å². The maximum atomic E-state index is 13.5. The Morgan fingerprint density at radius 3 is 2.10 bits per heavy atom. The zero-order valence-corrected chi connectivity index (χ0v) is 11.3. The number of carbonyl (C=O) groups excluding carboxylic acids is 1. The molecule has 0 atom stereocenters. The predicted octanol–water partition coefficient (Wildman–Crippen LogP) is 4.26. The largest absolute Gasteiger partial charge is 0.319 e. The maximum Gasteiger partial charge on any atom is 0.261 e. The Bertz CT molecular complexity index is 667. The summed E-state index contributed by atoms with van der Waals surface area (Å²) in [6.45, 7) is 0. The summed E-state index contributed by atoms with van der Waals surface area (Å²) in [6.07, 6.45) is 0. The molecule has 0 spiro atoms. The fraction of sp³-hybridized carbons (Fsp3) is 0. The average Bonchev–Trinajstić information content (AvgIpc) is 2.31. The van der Waals surface area contributed by atoms with Crippen LogP contribution in [0.1, 0.15) is 10.4 Å². The number of hydrogen-bond acceptors (Lipinski definition) is 1. The lowest BCUT2D eigenvalue weighted by Crippen LogP contribution is -2.17. The normalized spacial score (nSPS) is 10.4. The van der Waals surface area contributed by atoms with Crippen LogP contribution in [0, 0.1) is 23.3 Å². The fourth-order valence-electron chi connectivity index (χ4n) is 1.53. The average molecular weight is 348 g/mol. The standard InChI is InChI=1S/C13H6BrF4NO/c14-6-1-2-11(8(16)3-6)19-13(20)12-9(17)4-7(15)5-10(12)18/h1-5H,(H,19,20). The van der Waals surface area contributed by atoms with Gasteiger partial charge in [0.15, 0.2) is 0 Å². The van der Waals surface area contributed by atoms with Gasteiger partial charge in [-0.05, 0) is 18.2 Å². The molecule has 0 aliphatic heterocycles. The van der Waals surface area contributed by atoms with Crippen LogP contribution in [0.3, 0.4) is 0 Å². The number of hydrogen-bond donors (Lipinski definition) is 1. The lowest BCUT2D eigenvalue weighted by atomic mass is 10.1. The lowest BCUT2D eigenvalue weighted by Gasteiger charge is -2.08. The van der Waals surface area contributed by atoms with Gasteiger partial charge in [-0.1, -0.05) is 15.9 Å². The van der Waals surface area contributed by atoms with E-state index in [1.807, 2.05) is 5.32 Å². The van der Waals surface area contributed by atoms with Crippen molar-refractivity contribution in [2.75, 3.05) is 5.32 Å². The molecule has 104 valence electrons. The molecule has 1 N–H and O–H groups in total. The van der Waals surface area contributed by atoms with Crippen molar-refractivity contribution in [3.63, 3.8) is 0 Å². The molecule has 0 saturated carbocycles. The zero-order chi connectivity index (χ0) is 14.9. The molecular weight excluding hydrogens is 342 g/mol. The molecule has 7 heteroatoms. The summed E-state index contributed by atoms with van der Waals surface area (Å²) < 4.78 is 53.4. The summed E-state index contributed by atoms with van der Waals surface area (Å²) in [6, 6.07) is 4.48. The van der Waals surface area contributed by atoms with Crippen LogP contribution >= 0.6 is 15.9 Å². The van der Waals surface area contributed by atoms with E-state index in [0.717, 1.165) is 6.07 Å². The van der Waals surface area contributed by atoms with E-state index >= 15 is 0 Å². The van der Waals surface area contributed by atoms with Crippen molar-refractivity contribution in [2.45, 2.75) is 0 Å². The van der Waals surface area contributed by atoms with Crippen molar-refractivity contribution in [2.24, 2.45) is 0 Å². The van der Waals surface area contributed by atoms with Crippen LogP contribution < -0.4 is 5.32 Å². The van der Waals surface area contributed by atoms with E-state index in [-0.39, 0.29) is 5.69 Å². The molecule has 0 aromatic heterocycles. The van der Waals surface area contributed by atoms with Crippen molar-refractivity contribution in [1.82, 2.24) is 0 Å². The highest BCUT2D eigenvalue weighted by atomic mass is 79.9. The Morgan fingerprint density at radius 2 is 1.55 bits per heavy atom. The summed E-state index contributed by atoms with van der Waals surface area (Å²) in [5.41, 5.74) is -1.23. The monoisotopic (exact) mass is 347 g/mol. The molecule has 20 heavy (non-hydrogen) atoms. The number of halogens is 5. The third kappa shape index (κ3) is 2.98. The number of nitrogens with one attached hydrogen (secondary N) is 1. The smallest absolute Gasteiger partial charge is 0.261 e. The molecule has 0 fully saturated rings. The van der Waals surface area contributed by atoms with Gasteiger partial charge in [0.1, 0.15) is 28.8 Å². The second-order valence-corrected chi connectivity index (χ2v) is 4.74. The van der Waals surface area contributed by atoms with Gasteiger partial charge in [-0.3, -0.25) is 4.79 Å². The molecule has 2 rings (SSSR count). The molecule has 0 unspecified atom stereocenters. The van der Waals surface area contributed by atoms with E-state index in [1.165, 1.54) is 12.1 Å². The Kier molecular flexibility index (Phi) is 4.08. The van der Waals surface area contributed by atoms with Gasteiger partial charge in [-0.2, -0.15) is 0 Å². The van der Waals surface area contributed by atoms with Crippen LogP contribution in [0.2, 0.25) is 0 Å². The van der Waals surface area contributed by atoms with Crippen LogP contribution in [0.4, 0.5) is 23.2 Å². The molecule has 0 radical (unpaired) electrons. The first-order valence-corrected chi connectivity index (χ1v) is 6.08. The van der Waals surface area contributed by atoms with Gasteiger partial charge < -0.3 is 5.32 Å². The highest BCUT2D eigenvalue weighted by Crippen LogP contribution is 2.21. The highest BCUT2D eigenvalue weighted by Gasteiger charge is 2.20. The number of anilines is 1. The summed E-state index contributed by atoms with van der Waals surface area (Å²) in [4.78, 5) is 11.7. The molecule has 0 saturated heterocycles. The summed E-state index contributed by atoms with van der Waals surface area (Å²) in [5.74, 6) is -5.86. The minimum absolute atomic E-state index is 0.249. The fourth-order valence-corrected chi connectivity index (χ4v) is 1.87. The van der Waals surface area contributed by atoms with Gasteiger partial charge in [-0.15, -0.1) is 0 Å². The van der Waals surface area contributed by atoms with E-state index in [1.54, 1.807) is 0 Å². The second-order valence-electron chi connectivity index (χ2n) is 3.82. The molecule has 2 aromatic rings. The van der Waals surface area contributed by atoms with Gasteiger partial charge in [0.25, 0.3) is 5.91 Å². The second kappa shape index (κ2) is 5.62. The first-order valence-electron chi connectivity index (χ1n) is 5.29. The van der Waals surface area contributed by atoms with Crippen LogP contribution in [0.5, 0.6) is 0 Å². The Hall–Kier alpha value is -1.89. The predicted molar refractivity (Wildman–Crippen MR) is 68.4 cm³/mol. The Morgan fingerprint density at radius 1 is 0.950 bits per heavy atom. The van der Waals surface area contributed by atoms with Gasteiger partial charge in [0.2, 0.25) is 0 Å². The van der Waals surface area contributed by atoms with Crippen molar-refractivity contribution < 1.29 is 22.4 Å². The van der Waals surface area contributed by atoms with Crippen molar-refractivity contribution >= 4 is 27.5 Å². The summed E-state index contributed by atoms with van der Waals surface area (Å²) >= 11 is 3.02. The van der Waals surface area contributed by atoms with Crippen LogP contribution in [0.15, 0.2) is 34.8 Å². The Labute approximate surface area is 119 Å². The van der Waals surface area contributed by atoms with Gasteiger partial charge in [0.05, 0.1) is 5.69 Å². The van der Waals surface area contributed by atoms with Crippen LogP contribution in [-0.4, -0.2) is 5.91 Å². The van der Waals surface area contributed by atoms with E-state index < -0.39 is 34.7 Å². The minimum atomic E-state index is -1.36. The first kappa shape index (κ1) is 14.5. The zero-order valence-electron chi connectivity index (χ0n) is 9.68. The SMILES string of the molecule is O=C(Nc1ccc(Br)cc1F)c1c(F)cc(F)cc1F. The van der Waals surface area contributed by atoms with Gasteiger partial charge in [0, 0.05) is 16.6 Å². The number of benzene rings is 2. The van der Waals surface area contributed by atoms with E-state index in [9.17, 15) is 22.4 Å². The Balaban J connectivity index is 2.33. The lowest BCUT2D eigenvalue weighted by molar-refractivity contribution is 0.101. The van der Waals surface area contributed by atoms with Crippen LogP contribution in [-0.2, 0) is 0 Å². The molecular formula is C13H6BrF4NO. The molecule has 1 amide bonds. The molecule has 0 aliphatic rings. The van der Waals surface area contributed by atoms with Gasteiger partial charge >= 0.3 is 0 Å². The van der Waals surface area contributed by atoms with Crippen molar-refractivity contribution in [3.8, 4) is 0 Å². The quantitative estimate of drug-likeness (QED) is 0.808. The summed E-state index contributed by atoms with van der Waals surface area (Å²) in [5, 5.41) is 2.02. The third-order valence-corrected chi connectivity index (χ3v) is 2.91. The number of amides is 1. The maximum absolute atomic E-state index is 13.5. The van der Waals surface area contributed by atoms with E-state index in [4.69, 9.17) is 0 Å². The van der Waals surface area contributed by atoms with Crippen molar-refractivity contribution in [3.05, 3.63) is 63.6 Å². The molecule has 0 aliphatic carbocycles. The molecule has 2 aromatic carbocycles. The number of carbonyl (C=O) groups is 1. The molecule has 0 bridgehead atoms. The molecule has 2 nitrogen and oxygen atoms in total. The highest BCUT2D eigenvalue weighted by molar-refractivity contribution is 9.10. The van der Waals surface area contributed by atoms with E-state index in [2.05, 4.69) is 15.9 Å². The van der Waals surface area contributed by atoms with Gasteiger partial charge in [-0.25, -0.2) is 17.6 Å². The first-order chi connectivity index (χ1) is 9.38. The number of rotatable bonds is 2. The third-order valence-electron chi connectivity index (χ3n) is 2.41. The van der Waals surface area contributed by atoms with E-state index in [0.29, 0.717) is 16.6 Å². The minimum Gasteiger partial charge on any atom is -0.319 e. The topological polar surface area (TPSA) is 29.1 Å². The summed E-state index contributed by atoms with van der Waals surface area (Å²) in [7, 11) is 0. The molecule has 0 heterocycles. The van der Waals surface area contributed by atoms with Crippen molar-refractivity contribution in [1.29, 1.82) is 0 Å².